The lowest BCUT2D eigenvalue weighted by Gasteiger charge is -2.37. The molecule has 2 heterocycles. The van der Waals surface area contributed by atoms with Crippen LogP contribution in [0.5, 0.6) is 0 Å². The van der Waals surface area contributed by atoms with Gasteiger partial charge in [-0.2, -0.15) is 0 Å². The first kappa shape index (κ1) is 21.4. The number of amides is 1. The third-order valence-electron chi connectivity index (χ3n) is 5.71. The van der Waals surface area contributed by atoms with Crippen LogP contribution in [0.15, 0.2) is 30.0 Å². The molecule has 0 aromatic heterocycles. The zero-order chi connectivity index (χ0) is 21.3. The molecule has 0 spiro atoms. The van der Waals surface area contributed by atoms with Crippen molar-refractivity contribution >= 4 is 11.9 Å². The Labute approximate surface area is 169 Å². The molecule has 1 fully saturated rings. The molecule has 3 rings (SSSR count). The van der Waals surface area contributed by atoms with Crippen LogP contribution in [-0.2, 0) is 9.53 Å². The molecule has 0 saturated carbocycles. The second-order valence-corrected chi connectivity index (χ2v) is 8.16. The van der Waals surface area contributed by atoms with E-state index in [2.05, 4.69) is 17.8 Å². The predicted molar refractivity (Wildman–Crippen MR) is 104 cm³/mol. The maximum Gasteiger partial charge on any atom is 0.337 e. The van der Waals surface area contributed by atoms with Crippen molar-refractivity contribution in [3.05, 3.63) is 47.2 Å². The van der Waals surface area contributed by atoms with Crippen LogP contribution in [-0.4, -0.2) is 42.0 Å². The number of ether oxygens (including phenoxy) is 1. The van der Waals surface area contributed by atoms with Crippen molar-refractivity contribution in [3.63, 3.8) is 0 Å². The summed E-state index contributed by atoms with van der Waals surface area (Å²) in [5.41, 5.74) is 6.43. The van der Waals surface area contributed by atoms with Gasteiger partial charge in [-0.25, -0.2) is 19.0 Å². The predicted octanol–water partition coefficient (Wildman–Crippen LogP) is 2.77. The largest absolute Gasteiger partial charge is 0.463 e. The topological polar surface area (TPSA) is 70.7 Å². The van der Waals surface area contributed by atoms with Gasteiger partial charge in [-0.05, 0) is 37.0 Å². The molecule has 2 aliphatic heterocycles. The van der Waals surface area contributed by atoms with Gasteiger partial charge in [-0.1, -0.05) is 20.8 Å². The minimum Gasteiger partial charge on any atom is -0.463 e. The van der Waals surface area contributed by atoms with E-state index in [0.717, 1.165) is 18.6 Å². The Hall–Kier alpha value is -2.32. The molecule has 29 heavy (non-hydrogen) atoms. The van der Waals surface area contributed by atoms with Gasteiger partial charge in [0.15, 0.2) is 11.6 Å². The Morgan fingerprint density at radius 3 is 2.55 bits per heavy atom. The van der Waals surface area contributed by atoms with E-state index in [-0.39, 0.29) is 35.6 Å². The molecule has 1 saturated heterocycles. The molecule has 0 bridgehead atoms. The van der Waals surface area contributed by atoms with Gasteiger partial charge in [0.25, 0.3) is 5.91 Å². The van der Waals surface area contributed by atoms with Crippen molar-refractivity contribution in [2.45, 2.75) is 46.2 Å². The molecule has 0 aliphatic carbocycles. The quantitative estimate of drug-likeness (QED) is 0.751. The summed E-state index contributed by atoms with van der Waals surface area (Å²) in [7, 11) is 0. The zero-order valence-corrected chi connectivity index (χ0v) is 17.1. The van der Waals surface area contributed by atoms with E-state index in [9.17, 15) is 18.4 Å². The summed E-state index contributed by atoms with van der Waals surface area (Å²) in [6.45, 7) is 8.37. The van der Waals surface area contributed by atoms with Gasteiger partial charge in [0.2, 0.25) is 0 Å². The Morgan fingerprint density at radius 1 is 1.21 bits per heavy atom. The van der Waals surface area contributed by atoms with E-state index >= 15 is 0 Å². The standard InChI is InChI=1S/C21H27F2N3O3/c1-5-16-17-18(25-24-16)13(20(28)29-6-2)10-26(11-21(17,3)4)19(27)12-7-8-14(22)15(23)9-12/h7-10,16-18,24-25H,5-6,11H2,1-4H3. The number of carbonyl (C=O) groups is 2. The normalized spacial score (nSPS) is 25.8. The van der Waals surface area contributed by atoms with Crippen molar-refractivity contribution in [2.75, 3.05) is 13.2 Å². The molecule has 158 valence electrons. The third-order valence-corrected chi connectivity index (χ3v) is 5.71. The highest BCUT2D eigenvalue weighted by Crippen LogP contribution is 2.41. The number of fused-ring (bicyclic) bond motifs is 1. The maximum atomic E-state index is 13.7. The lowest BCUT2D eigenvalue weighted by Crippen LogP contribution is -2.44. The minimum absolute atomic E-state index is 0.0179. The number of hydrazine groups is 1. The molecule has 8 heteroatoms. The highest BCUT2D eigenvalue weighted by atomic mass is 19.2. The van der Waals surface area contributed by atoms with E-state index in [0.29, 0.717) is 12.1 Å². The number of halogens is 2. The number of hydrogen-bond acceptors (Lipinski definition) is 5. The molecule has 2 aliphatic rings. The van der Waals surface area contributed by atoms with Crippen LogP contribution in [0.3, 0.4) is 0 Å². The lowest BCUT2D eigenvalue weighted by molar-refractivity contribution is -0.139. The van der Waals surface area contributed by atoms with Crippen molar-refractivity contribution in [1.29, 1.82) is 0 Å². The van der Waals surface area contributed by atoms with Gasteiger partial charge in [0.1, 0.15) is 0 Å². The molecule has 3 atom stereocenters. The molecule has 3 unspecified atom stereocenters. The number of benzene rings is 1. The first-order chi connectivity index (χ1) is 13.7. The molecule has 2 N–H and O–H groups in total. The summed E-state index contributed by atoms with van der Waals surface area (Å²) < 4.78 is 32.2. The van der Waals surface area contributed by atoms with Crippen LogP contribution < -0.4 is 10.9 Å². The number of hydrogen-bond donors (Lipinski definition) is 2. The number of carbonyl (C=O) groups excluding carboxylic acids is 2. The SMILES string of the molecule is CCOC(=O)C1=CN(C(=O)c2ccc(F)c(F)c2)CC(C)(C)C2C(CC)NNC12. The summed E-state index contributed by atoms with van der Waals surface area (Å²) in [5, 5.41) is 0. The van der Waals surface area contributed by atoms with E-state index < -0.39 is 23.5 Å². The molecule has 6 nitrogen and oxygen atoms in total. The highest BCUT2D eigenvalue weighted by molar-refractivity contribution is 5.97. The fourth-order valence-electron chi connectivity index (χ4n) is 4.39. The van der Waals surface area contributed by atoms with Crippen LogP contribution in [0.1, 0.15) is 44.5 Å². The number of rotatable bonds is 4. The minimum atomic E-state index is -1.09. The van der Waals surface area contributed by atoms with Crippen molar-refractivity contribution < 1.29 is 23.1 Å². The van der Waals surface area contributed by atoms with Crippen LogP contribution in [0, 0.1) is 23.0 Å². The van der Waals surface area contributed by atoms with Crippen LogP contribution in [0.2, 0.25) is 0 Å². The molecule has 0 radical (unpaired) electrons. The lowest BCUT2D eigenvalue weighted by atomic mass is 9.70. The van der Waals surface area contributed by atoms with Gasteiger partial charge in [0, 0.05) is 30.3 Å². The average molecular weight is 407 g/mol. The van der Waals surface area contributed by atoms with Gasteiger partial charge in [0.05, 0.1) is 18.2 Å². The number of esters is 1. The first-order valence-electron chi connectivity index (χ1n) is 9.85. The van der Waals surface area contributed by atoms with E-state index in [4.69, 9.17) is 4.74 Å². The molecule has 1 amide bonds. The Kier molecular flexibility index (Phi) is 6.05. The smallest absolute Gasteiger partial charge is 0.337 e. The van der Waals surface area contributed by atoms with E-state index in [1.165, 1.54) is 17.2 Å². The fourth-order valence-corrected chi connectivity index (χ4v) is 4.39. The number of nitrogens with zero attached hydrogens (tertiary/aromatic N) is 1. The van der Waals surface area contributed by atoms with Crippen molar-refractivity contribution in [3.8, 4) is 0 Å². The summed E-state index contributed by atoms with van der Waals surface area (Å²) in [6.07, 6.45) is 2.32. The summed E-state index contributed by atoms with van der Waals surface area (Å²) in [6, 6.07) is 2.81. The maximum absolute atomic E-state index is 13.7. The fraction of sp³-hybridized carbons (Fsp3) is 0.524. The van der Waals surface area contributed by atoms with E-state index in [1.807, 2.05) is 13.8 Å². The van der Waals surface area contributed by atoms with Crippen LogP contribution >= 0.6 is 0 Å². The van der Waals surface area contributed by atoms with Crippen molar-refractivity contribution in [1.82, 2.24) is 15.8 Å². The Morgan fingerprint density at radius 2 is 1.93 bits per heavy atom. The highest BCUT2D eigenvalue weighted by Gasteiger charge is 2.50. The molecule has 1 aromatic carbocycles. The molecular formula is C21H27F2N3O3. The van der Waals surface area contributed by atoms with E-state index in [1.54, 1.807) is 6.92 Å². The van der Waals surface area contributed by atoms with Crippen molar-refractivity contribution in [2.24, 2.45) is 11.3 Å². The van der Waals surface area contributed by atoms with Gasteiger partial charge in [-0.3, -0.25) is 10.2 Å². The zero-order valence-electron chi connectivity index (χ0n) is 17.1. The second-order valence-electron chi connectivity index (χ2n) is 8.16. The van der Waals surface area contributed by atoms with Gasteiger partial charge >= 0.3 is 5.97 Å². The summed E-state index contributed by atoms with van der Waals surface area (Å²) in [5.74, 6) is -3.09. The van der Waals surface area contributed by atoms with Gasteiger partial charge in [-0.15, -0.1) is 0 Å². The summed E-state index contributed by atoms with van der Waals surface area (Å²) >= 11 is 0. The molecular weight excluding hydrogens is 380 g/mol. The Bertz CT molecular complexity index is 840. The first-order valence-corrected chi connectivity index (χ1v) is 9.85. The number of nitrogens with one attached hydrogen (secondary N) is 2. The second kappa shape index (κ2) is 8.20. The van der Waals surface area contributed by atoms with Crippen LogP contribution in [0.4, 0.5) is 8.78 Å². The average Bonchev–Trinajstić information content (AvgIpc) is 3.06. The monoisotopic (exact) mass is 407 g/mol. The van der Waals surface area contributed by atoms with Gasteiger partial charge < -0.3 is 9.64 Å². The van der Waals surface area contributed by atoms with Crippen LogP contribution in [0.25, 0.3) is 0 Å². The Balaban J connectivity index is 2.04. The third kappa shape index (κ3) is 4.04. The molecule has 1 aromatic rings. The summed E-state index contributed by atoms with van der Waals surface area (Å²) in [4.78, 5) is 27.2.